The Morgan fingerprint density at radius 1 is 1.50 bits per heavy atom. The van der Waals surface area contributed by atoms with Gasteiger partial charge in [-0.3, -0.25) is 4.79 Å². The van der Waals surface area contributed by atoms with Gasteiger partial charge in [0.15, 0.2) is 5.78 Å². The van der Waals surface area contributed by atoms with Crippen molar-refractivity contribution in [3.63, 3.8) is 0 Å². The number of carbonyl (C=O) groups excluding carboxylic acids is 1. The molecule has 0 radical (unpaired) electrons. The third-order valence-electron chi connectivity index (χ3n) is 4.34. The second-order valence-corrected chi connectivity index (χ2v) is 4.90. The minimum absolute atomic E-state index is 0.211. The Kier molecular flexibility index (Phi) is 1.26. The van der Waals surface area contributed by atoms with Gasteiger partial charge in [0.05, 0.1) is 0 Å². The molecule has 2 unspecified atom stereocenters. The van der Waals surface area contributed by atoms with Gasteiger partial charge in [-0.2, -0.15) is 0 Å². The Hall–Kier alpha value is -1.05. The van der Waals surface area contributed by atoms with Gasteiger partial charge in [-0.25, -0.2) is 0 Å². The SMILES string of the molecule is CC1=C(C)C23CC2CN(C)C3=CC1=O. The smallest absolute Gasteiger partial charge is 0.183 e. The van der Waals surface area contributed by atoms with E-state index in [1.807, 2.05) is 13.0 Å². The summed E-state index contributed by atoms with van der Waals surface area (Å²) in [5, 5.41) is 0. The zero-order valence-corrected chi connectivity index (χ0v) is 8.92. The molecule has 1 aliphatic heterocycles. The van der Waals surface area contributed by atoms with E-state index in [1.54, 1.807) is 0 Å². The molecule has 0 amide bonds. The quantitative estimate of drug-likeness (QED) is 0.578. The molecule has 2 fully saturated rings. The second kappa shape index (κ2) is 2.13. The number of rotatable bonds is 0. The average molecular weight is 189 g/mol. The summed E-state index contributed by atoms with van der Waals surface area (Å²) < 4.78 is 0. The third kappa shape index (κ3) is 0.679. The molecule has 1 spiro atoms. The van der Waals surface area contributed by atoms with Crippen LogP contribution < -0.4 is 0 Å². The first-order valence-corrected chi connectivity index (χ1v) is 5.23. The number of hydrogen-bond acceptors (Lipinski definition) is 2. The van der Waals surface area contributed by atoms with Gasteiger partial charge in [0.1, 0.15) is 0 Å². The predicted octanol–water partition coefficient (Wildman–Crippen LogP) is 1.74. The van der Waals surface area contributed by atoms with Crippen molar-refractivity contribution in [3.8, 4) is 0 Å². The maximum absolute atomic E-state index is 11.7. The Morgan fingerprint density at radius 3 is 2.93 bits per heavy atom. The van der Waals surface area contributed by atoms with Crippen LogP contribution in [0.5, 0.6) is 0 Å². The van der Waals surface area contributed by atoms with Crippen LogP contribution in [-0.4, -0.2) is 24.3 Å². The first-order valence-electron chi connectivity index (χ1n) is 5.23. The summed E-state index contributed by atoms with van der Waals surface area (Å²) in [5.74, 6) is 0.990. The molecule has 0 aromatic heterocycles. The number of hydrogen-bond donors (Lipinski definition) is 0. The molecule has 0 bridgehead atoms. The summed E-state index contributed by atoms with van der Waals surface area (Å²) in [6.45, 7) is 5.23. The van der Waals surface area contributed by atoms with Crippen LogP contribution in [0.25, 0.3) is 0 Å². The van der Waals surface area contributed by atoms with Crippen molar-refractivity contribution < 1.29 is 4.79 Å². The molecule has 1 heterocycles. The van der Waals surface area contributed by atoms with E-state index in [2.05, 4.69) is 18.9 Å². The zero-order chi connectivity index (χ0) is 10.1. The van der Waals surface area contributed by atoms with Crippen LogP contribution >= 0.6 is 0 Å². The zero-order valence-electron chi connectivity index (χ0n) is 8.92. The third-order valence-corrected chi connectivity index (χ3v) is 4.34. The molecule has 74 valence electrons. The first kappa shape index (κ1) is 8.27. The molecule has 14 heavy (non-hydrogen) atoms. The summed E-state index contributed by atoms with van der Waals surface area (Å²) in [6, 6.07) is 0. The van der Waals surface area contributed by atoms with Crippen molar-refractivity contribution in [1.82, 2.24) is 4.90 Å². The van der Waals surface area contributed by atoms with Gasteiger partial charge in [0, 0.05) is 30.8 Å². The van der Waals surface area contributed by atoms with Crippen LogP contribution in [0.15, 0.2) is 22.9 Å². The van der Waals surface area contributed by atoms with Gasteiger partial charge in [0.25, 0.3) is 0 Å². The summed E-state index contributed by atoms with van der Waals surface area (Å²) in [6.07, 6.45) is 3.12. The summed E-state index contributed by atoms with van der Waals surface area (Å²) >= 11 is 0. The highest BCUT2D eigenvalue weighted by molar-refractivity contribution is 6.06. The molecular weight excluding hydrogens is 174 g/mol. The molecule has 0 aromatic carbocycles. The Balaban J connectivity index is 2.18. The van der Waals surface area contributed by atoms with E-state index >= 15 is 0 Å². The molecule has 2 atom stereocenters. The standard InChI is InChI=1S/C12H15NO/c1-7-8(2)12-5-9(12)6-13(3)11(12)4-10(7)14/h4,9H,5-6H2,1-3H3. The van der Waals surface area contributed by atoms with E-state index < -0.39 is 0 Å². The van der Waals surface area contributed by atoms with Gasteiger partial charge in [-0.05, 0) is 31.8 Å². The topological polar surface area (TPSA) is 20.3 Å². The molecule has 3 aliphatic rings. The lowest BCUT2D eigenvalue weighted by Gasteiger charge is -2.27. The first-order chi connectivity index (χ1) is 6.57. The van der Waals surface area contributed by atoms with E-state index in [1.165, 1.54) is 17.7 Å². The number of nitrogens with zero attached hydrogens (tertiary/aromatic N) is 1. The lowest BCUT2D eigenvalue weighted by molar-refractivity contribution is -0.111. The van der Waals surface area contributed by atoms with Crippen LogP contribution in [0.2, 0.25) is 0 Å². The maximum atomic E-state index is 11.7. The van der Waals surface area contributed by atoms with E-state index in [0.29, 0.717) is 0 Å². The number of ketones is 1. The largest absolute Gasteiger partial charge is 0.377 e. The van der Waals surface area contributed by atoms with Crippen molar-refractivity contribution in [2.75, 3.05) is 13.6 Å². The predicted molar refractivity (Wildman–Crippen MR) is 54.6 cm³/mol. The van der Waals surface area contributed by atoms with E-state index in [0.717, 1.165) is 18.0 Å². The van der Waals surface area contributed by atoms with E-state index in [9.17, 15) is 4.79 Å². The van der Waals surface area contributed by atoms with Gasteiger partial charge in [-0.1, -0.05) is 5.57 Å². The van der Waals surface area contributed by atoms with Crippen molar-refractivity contribution in [2.45, 2.75) is 20.3 Å². The number of piperidine rings is 1. The van der Waals surface area contributed by atoms with Crippen LogP contribution in [0.1, 0.15) is 20.3 Å². The van der Waals surface area contributed by atoms with Crippen molar-refractivity contribution >= 4 is 5.78 Å². The molecule has 2 nitrogen and oxygen atoms in total. The van der Waals surface area contributed by atoms with Crippen molar-refractivity contribution in [3.05, 3.63) is 22.9 Å². The fourth-order valence-electron chi connectivity index (χ4n) is 3.28. The normalized spacial score (nSPS) is 39.6. The monoisotopic (exact) mass is 189 g/mol. The van der Waals surface area contributed by atoms with Gasteiger partial charge < -0.3 is 4.90 Å². The minimum Gasteiger partial charge on any atom is -0.377 e. The lowest BCUT2D eigenvalue weighted by atomic mass is 9.83. The van der Waals surface area contributed by atoms with E-state index in [-0.39, 0.29) is 11.2 Å². The molecule has 1 saturated heterocycles. The Morgan fingerprint density at radius 2 is 2.21 bits per heavy atom. The highest BCUT2D eigenvalue weighted by Gasteiger charge is 2.64. The van der Waals surface area contributed by atoms with Gasteiger partial charge >= 0.3 is 0 Å². The number of allylic oxidation sites excluding steroid dienone is 3. The second-order valence-electron chi connectivity index (χ2n) is 4.90. The summed E-state index contributed by atoms with van der Waals surface area (Å²) in [5.41, 5.74) is 3.86. The molecule has 0 N–H and O–H groups in total. The lowest BCUT2D eigenvalue weighted by Crippen LogP contribution is -2.24. The van der Waals surface area contributed by atoms with Crippen molar-refractivity contribution in [1.29, 1.82) is 0 Å². The molecule has 0 aromatic rings. The summed E-state index contributed by atoms with van der Waals surface area (Å²) in [4.78, 5) is 13.9. The highest BCUT2D eigenvalue weighted by atomic mass is 16.1. The molecule has 3 rings (SSSR count). The Bertz CT molecular complexity index is 405. The molecule has 1 saturated carbocycles. The van der Waals surface area contributed by atoms with Gasteiger partial charge in [0.2, 0.25) is 0 Å². The Labute approximate surface area is 84.3 Å². The van der Waals surface area contributed by atoms with Crippen molar-refractivity contribution in [2.24, 2.45) is 11.3 Å². The van der Waals surface area contributed by atoms with Crippen LogP contribution in [0.4, 0.5) is 0 Å². The molecule has 2 heteroatoms. The molecule has 2 aliphatic carbocycles. The van der Waals surface area contributed by atoms with Crippen LogP contribution in [0, 0.1) is 11.3 Å². The van der Waals surface area contributed by atoms with E-state index in [4.69, 9.17) is 0 Å². The minimum atomic E-state index is 0.211. The summed E-state index contributed by atoms with van der Waals surface area (Å²) in [7, 11) is 2.10. The number of carbonyl (C=O) groups is 1. The molecular formula is C12H15NO. The fourth-order valence-corrected chi connectivity index (χ4v) is 3.28. The van der Waals surface area contributed by atoms with Crippen LogP contribution in [0.3, 0.4) is 0 Å². The maximum Gasteiger partial charge on any atom is 0.183 e. The highest BCUT2D eigenvalue weighted by Crippen LogP contribution is 2.68. The fraction of sp³-hybridized carbons (Fsp3) is 0.583. The van der Waals surface area contributed by atoms with Gasteiger partial charge in [-0.15, -0.1) is 0 Å². The van der Waals surface area contributed by atoms with Crippen LogP contribution in [-0.2, 0) is 4.79 Å². The number of likely N-dealkylation sites (tertiary alicyclic amines) is 1. The average Bonchev–Trinajstić information content (AvgIpc) is 2.77.